The molecule has 0 unspecified atom stereocenters. The van der Waals surface area contributed by atoms with E-state index in [-0.39, 0.29) is 12.2 Å². The normalized spacial score (nSPS) is 30.5. The molecule has 6 heteroatoms. The van der Waals surface area contributed by atoms with Crippen molar-refractivity contribution in [3.05, 3.63) is 48.0 Å². The summed E-state index contributed by atoms with van der Waals surface area (Å²) in [6.07, 6.45) is 1.31. The summed E-state index contributed by atoms with van der Waals surface area (Å²) in [7, 11) is 0. The van der Waals surface area contributed by atoms with Crippen LogP contribution in [0.3, 0.4) is 0 Å². The molecule has 2 aliphatic heterocycles. The third-order valence-electron chi connectivity index (χ3n) is 4.02. The van der Waals surface area contributed by atoms with Crippen LogP contribution in [-0.2, 0) is 35.1 Å². The first-order valence-corrected chi connectivity index (χ1v) is 8.50. The minimum Gasteiger partial charge on any atom is -0.463 e. The van der Waals surface area contributed by atoms with Crippen LogP contribution in [0.2, 0.25) is 0 Å². The van der Waals surface area contributed by atoms with Crippen molar-refractivity contribution in [1.29, 1.82) is 0 Å². The number of carbonyl (C=O) groups is 1. The van der Waals surface area contributed by atoms with Gasteiger partial charge in [-0.05, 0) is 32.4 Å². The van der Waals surface area contributed by atoms with E-state index in [0.717, 1.165) is 5.56 Å². The summed E-state index contributed by atoms with van der Waals surface area (Å²) >= 11 is 0. The van der Waals surface area contributed by atoms with Crippen LogP contribution < -0.4 is 0 Å². The van der Waals surface area contributed by atoms with Crippen LogP contribution >= 0.6 is 0 Å². The van der Waals surface area contributed by atoms with Gasteiger partial charge in [-0.15, -0.1) is 0 Å². The molecule has 0 radical (unpaired) electrons. The molecule has 0 aromatic heterocycles. The lowest BCUT2D eigenvalue weighted by atomic mass is 10.1. The van der Waals surface area contributed by atoms with Crippen LogP contribution in [0.1, 0.15) is 26.3 Å². The fourth-order valence-corrected chi connectivity index (χ4v) is 2.98. The molecule has 1 aromatic carbocycles. The lowest BCUT2D eigenvalue weighted by Gasteiger charge is -2.24. The number of benzene rings is 1. The highest BCUT2D eigenvalue weighted by Crippen LogP contribution is 2.39. The summed E-state index contributed by atoms with van der Waals surface area (Å²) in [4.78, 5) is 11.6. The maximum Gasteiger partial charge on any atom is 0.330 e. The Hall–Kier alpha value is -1.73. The van der Waals surface area contributed by atoms with Crippen molar-refractivity contribution in [3.8, 4) is 0 Å². The van der Waals surface area contributed by atoms with Crippen LogP contribution in [0.15, 0.2) is 42.5 Å². The SMILES string of the molecule is CCOC(=O)/C=C/[C@H]1O[C@@H]2OC(C)(C)O[C@@H]2[C@@H]1OCc1ccccc1. The van der Waals surface area contributed by atoms with Gasteiger partial charge in [0.05, 0.1) is 13.2 Å². The van der Waals surface area contributed by atoms with Crippen LogP contribution in [0, 0.1) is 0 Å². The van der Waals surface area contributed by atoms with Crippen molar-refractivity contribution in [2.45, 2.75) is 57.8 Å². The van der Waals surface area contributed by atoms with Gasteiger partial charge in [0.2, 0.25) is 0 Å². The molecule has 0 spiro atoms. The highest BCUT2D eigenvalue weighted by molar-refractivity contribution is 5.81. The Morgan fingerprint density at radius 1 is 1.24 bits per heavy atom. The second kappa shape index (κ2) is 7.66. The van der Waals surface area contributed by atoms with Gasteiger partial charge in [-0.2, -0.15) is 0 Å². The first kappa shape index (κ1) is 18.1. The molecule has 3 rings (SSSR count). The topological polar surface area (TPSA) is 63.2 Å². The molecule has 2 aliphatic rings. The van der Waals surface area contributed by atoms with Gasteiger partial charge in [-0.25, -0.2) is 4.79 Å². The third-order valence-corrected chi connectivity index (χ3v) is 4.02. The van der Waals surface area contributed by atoms with Crippen LogP contribution in [0.4, 0.5) is 0 Å². The van der Waals surface area contributed by atoms with Gasteiger partial charge >= 0.3 is 5.97 Å². The Balaban J connectivity index is 1.69. The van der Waals surface area contributed by atoms with Gasteiger partial charge in [-0.3, -0.25) is 0 Å². The predicted octanol–water partition coefficient (Wildman–Crippen LogP) is 2.57. The Kier molecular flexibility index (Phi) is 5.54. The third kappa shape index (κ3) is 4.46. The van der Waals surface area contributed by atoms with Crippen molar-refractivity contribution in [2.24, 2.45) is 0 Å². The summed E-state index contributed by atoms with van der Waals surface area (Å²) in [5, 5.41) is 0. The van der Waals surface area contributed by atoms with Gasteiger partial charge in [0.1, 0.15) is 18.3 Å². The largest absolute Gasteiger partial charge is 0.463 e. The first-order chi connectivity index (χ1) is 12.0. The minimum atomic E-state index is -0.723. The molecule has 0 saturated carbocycles. The number of fused-ring (bicyclic) bond motifs is 1. The average molecular weight is 348 g/mol. The first-order valence-electron chi connectivity index (χ1n) is 8.50. The summed E-state index contributed by atoms with van der Waals surface area (Å²) in [6, 6.07) is 9.87. The van der Waals surface area contributed by atoms with E-state index in [9.17, 15) is 4.79 Å². The molecule has 4 atom stereocenters. The lowest BCUT2D eigenvalue weighted by Crippen LogP contribution is -2.36. The molecule has 0 amide bonds. The highest BCUT2D eigenvalue weighted by Gasteiger charge is 2.54. The molecule has 2 saturated heterocycles. The molecular formula is C19H24O6. The number of ether oxygens (including phenoxy) is 5. The van der Waals surface area contributed by atoms with E-state index >= 15 is 0 Å². The van der Waals surface area contributed by atoms with E-state index in [1.807, 2.05) is 44.2 Å². The van der Waals surface area contributed by atoms with Crippen molar-refractivity contribution in [1.82, 2.24) is 0 Å². The Bertz CT molecular complexity index is 612. The van der Waals surface area contributed by atoms with Gasteiger partial charge in [0, 0.05) is 6.08 Å². The predicted molar refractivity (Wildman–Crippen MR) is 89.5 cm³/mol. The minimum absolute atomic E-state index is 0.328. The fraction of sp³-hybridized carbons (Fsp3) is 0.526. The average Bonchev–Trinajstić information content (AvgIpc) is 3.03. The van der Waals surface area contributed by atoms with Crippen molar-refractivity contribution in [2.75, 3.05) is 6.61 Å². The molecule has 6 nitrogen and oxygen atoms in total. The maximum atomic E-state index is 11.6. The number of hydrogen-bond acceptors (Lipinski definition) is 6. The summed E-state index contributed by atoms with van der Waals surface area (Å²) in [6.45, 7) is 6.19. The molecule has 0 N–H and O–H groups in total. The van der Waals surface area contributed by atoms with Crippen molar-refractivity contribution >= 4 is 5.97 Å². The zero-order valence-electron chi connectivity index (χ0n) is 14.7. The Morgan fingerprint density at radius 2 is 2.00 bits per heavy atom. The molecule has 0 aliphatic carbocycles. The smallest absolute Gasteiger partial charge is 0.330 e. The zero-order chi connectivity index (χ0) is 17.9. The van der Waals surface area contributed by atoms with E-state index in [4.69, 9.17) is 23.7 Å². The maximum absolute atomic E-state index is 11.6. The zero-order valence-corrected chi connectivity index (χ0v) is 14.7. The van der Waals surface area contributed by atoms with E-state index in [1.165, 1.54) is 6.08 Å². The van der Waals surface area contributed by atoms with E-state index < -0.39 is 24.2 Å². The Labute approximate surface area is 147 Å². The number of rotatable bonds is 6. The monoisotopic (exact) mass is 348 g/mol. The fourth-order valence-electron chi connectivity index (χ4n) is 2.98. The summed E-state index contributed by atoms with van der Waals surface area (Å²) in [5.74, 6) is -1.13. The lowest BCUT2D eigenvalue weighted by molar-refractivity contribution is -0.213. The van der Waals surface area contributed by atoms with Crippen LogP contribution in [0.5, 0.6) is 0 Å². The quantitative estimate of drug-likeness (QED) is 0.582. The Morgan fingerprint density at radius 3 is 2.72 bits per heavy atom. The second-order valence-electron chi connectivity index (χ2n) is 6.44. The van der Waals surface area contributed by atoms with E-state index in [1.54, 1.807) is 13.0 Å². The summed E-state index contributed by atoms with van der Waals surface area (Å²) < 4.78 is 28.6. The highest BCUT2D eigenvalue weighted by atomic mass is 16.8. The van der Waals surface area contributed by atoms with E-state index in [0.29, 0.717) is 13.2 Å². The van der Waals surface area contributed by atoms with Gasteiger partial charge < -0.3 is 23.7 Å². The molecular weight excluding hydrogens is 324 g/mol. The molecule has 0 bridgehead atoms. The van der Waals surface area contributed by atoms with E-state index in [2.05, 4.69) is 0 Å². The molecule has 25 heavy (non-hydrogen) atoms. The molecule has 136 valence electrons. The molecule has 1 aromatic rings. The molecule has 2 heterocycles. The van der Waals surface area contributed by atoms with Crippen LogP contribution in [-0.4, -0.2) is 43.0 Å². The van der Waals surface area contributed by atoms with Crippen molar-refractivity contribution in [3.63, 3.8) is 0 Å². The van der Waals surface area contributed by atoms with Gasteiger partial charge in [0.15, 0.2) is 12.1 Å². The molecule has 2 fully saturated rings. The second-order valence-corrected chi connectivity index (χ2v) is 6.44. The number of esters is 1. The van der Waals surface area contributed by atoms with Crippen LogP contribution in [0.25, 0.3) is 0 Å². The summed E-state index contributed by atoms with van der Waals surface area (Å²) in [5.41, 5.74) is 1.05. The van der Waals surface area contributed by atoms with Gasteiger partial charge in [0.25, 0.3) is 0 Å². The van der Waals surface area contributed by atoms with Crippen molar-refractivity contribution < 1.29 is 28.5 Å². The standard InChI is InChI=1S/C19H24O6/c1-4-21-15(20)11-10-14-16(22-12-13-8-6-5-7-9-13)17-18(23-14)25-19(2,3)24-17/h5-11,14,16-18H,4,12H2,1-3H3/b11-10+/t14-,16-,17-,18-/m1/s1. The number of hydrogen-bond donors (Lipinski definition) is 0. The van der Waals surface area contributed by atoms with Gasteiger partial charge in [-0.1, -0.05) is 30.3 Å². The number of carbonyl (C=O) groups excluding carboxylic acids is 1.